The van der Waals surface area contributed by atoms with E-state index in [0.29, 0.717) is 31.5 Å². The van der Waals surface area contributed by atoms with E-state index < -0.39 is 18.1 Å². The number of carboxylic acid groups (broad SMARTS) is 1. The van der Waals surface area contributed by atoms with Gasteiger partial charge in [0.15, 0.2) is 0 Å². The molecular weight excluding hydrogens is 430 g/mol. The lowest BCUT2D eigenvalue weighted by atomic mass is 10.1. The van der Waals surface area contributed by atoms with E-state index in [0.717, 1.165) is 5.56 Å². The van der Waals surface area contributed by atoms with Gasteiger partial charge in [0.25, 0.3) is 0 Å². The first-order chi connectivity index (χ1) is 15.4. The fraction of sp³-hybridized carbons (Fsp3) is 0.304. The first-order valence-electron chi connectivity index (χ1n) is 10.3. The monoisotopic (exact) mass is 457 g/mol. The molecule has 170 valence electrons. The van der Waals surface area contributed by atoms with E-state index in [-0.39, 0.29) is 23.9 Å². The molecule has 32 heavy (non-hydrogen) atoms. The second kappa shape index (κ2) is 13.8. The fourth-order valence-electron chi connectivity index (χ4n) is 2.83. The molecule has 0 aliphatic heterocycles. The second-order valence-corrected chi connectivity index (χ2v) is 7.52. The van der Waals surface area contributed by atoms with E-state index in [4.69, 9.17) is 22.1 Å². The Morgan fingerprint density at radius 3 is 2.28 bits per heavy atom. The summed E-state index contributed by atoms with van der Waals surface area (Å²) in [4.78, 5) is 35.9. The Kier molecular flexibility index (Phi) is 10.7. The maximum absolute atomic E-state index is 12.7. The van der Waals surface area contributed by atoms with Gasteiger partial charge < -0.3 is 25.8 Å². The van der Waals surface area contributed by atoms with Gasteiger partial charge in [-0.2, -0.15) is 0 Å². The van der Waals surface area contributed by atoms with E-state index in [1.807, 2.05) is 36.4 Å². The molecule has 0 saturated carbocycles. The molecule has 8 nitrogen and oxygen atoms in total. The molecule has 0 heterocycles. The van der Waals surface area contributed by atoms with Gasteiger partial charge in [0.2, 0.25) is 5.91 Å². The van der Waals surface area contributed by atoms with Crippen molar-refractivity contribution in [2.24, 2.45) is 0 Å². The Morgan fingerprint density at radius 2 is 1.62 bits per heavy atom. The van der Waals surface area contributed by atoms with Crippen molar-refractivity contribution in [3.05, 3.63) is 66.2 Å². The minimum absolute atomic E-state index is 0.102. The SMILES string of the molecule is O=C(O)CC(=S)NCCCC[C@H](NC(=O)OCc1ccccc1)C(=O)Nc1ccccc1. The van der Waals surface area contributed by atoms with Crippen molar-refractivity contribution in [3.63, 3.8) is 0 Å². The third kappa shape index (κ3) is 10.0. The second-order valence-electron chi connectivity index (χ2n) is 7.03. The highest BCUT2D eigenvalue weighted by Crippen LogP contribution is 2.09. The molecule has 2 aromatic rings. The van der Waals surface area contributed by atoms with Crippen LogP contribution in [0.25, 0.3) is 0 Å². The van der Waals surface area contributed by atoms with Crippen LogP contribution >= 0.6 is 12.2 Å². The van der Waals surface area contributed by atoms with Crippen LogP contribution in [0.5, 0.6) is 0 Å². The van der Waals surface area contributed by atoms with Crippen LogP contribution in [0.4, 0.5) is 10.5 Å². The molecule has 0 unspecified atom stereocenters. The van der Waals surface area contributed by atoms with E-state index >= 15 is 0 Å². The van der Waals surface area contributed by atoms with Gasteiger partial charge in [-0.25, -0.2) is 4.79 Å². The third-order valence-electron chi connectivity index (χ3n) is 4.42. The number of nitrogens with one attached hydrogen (secondary N) is 3. The Labute approximate surface area is 192 Å². The predicted molar refractivity (Wildman–Crippen MR) is 125 cm³/mol. The molecule has 1 atom stereocenters. The fourth-order valence-corrected chi connectivity index (χ4v) is 3.05. The summed E-state index contributed by atoms with van der Waals surface area (Å²) in [5, 5.41) is 17.0. The average molecular weight is 458 g/mol. The summed E-state index contributed by atoms with van der Waals surface area (Å²) < 4.78 is 5.24. The number of thiocarbonyl (C=S) groups is 1. The lowest BCUT2D eigenvalue weighted by Crippen LogP contribution is -2.44. The molecule has 0 aromatic heterocycles. The Bertz CT molecular complexity index is 893. The van der Waals surface area contributed by atoms with Crippen LogP contribution in [0.1, 0.15) is 31.2 Å². The highest BCUT2D eigenvalue weighted by molar-refractivity contribution is 7.80. The number of para-hydroxylation sites is 1. The summed E-state index contributed by atoms with van der Waals surface area (Å²) in [5.74, 6) is -1.33. The number of aliphatic carboxylic acids is 1. The first-order valence-corrected chi connectivity index (χ1v) is 10.7. The maximum atomic E-state index is 12.7. The number of anilines is 1. The van der Waals surface area contributed by atoms with E-state index in [2.05, 4.69) is 16.0 Å². The van der Waals surface area contributed by atoms with Crippen molar-refractivity contribution in [1.29, 1.82) is 0 Å². The zero-order valence-corrected chi connectivity index (χ0v) is 18.4. The highest BCUT2D eigenvalue weighted by Gasteiger charge is 2.21. The van der Waals surface area contributed by atoms with Gasteiger partial charge in [-0.1, -0.05) is 60.7 Å². The molecule has 9 heteroatoms. The summed E-state index contributed by atoms with van der Waals surface area (Å²) in [5.41, 5.74) is 1.47. The number of unbranched alkanes of at least 4 members (excludes halogenated alkanes) is 1. The van der Waals surface area contributed by atoms with Crippen molar-refractivity contribution in [2.45, 2.75) is 38.3 Å². The topological polar surface area (TPSA) is 117 Å². The average Bonchev–Trinajstić information content (AvgIpc) is 2.77. The molecule has 0 saturated heterocycles. The molecular formula is C23H27N3O5S. The molecule has 0 fully saturated rings. The van der Waals surface area contributed by atoms with E-state index in [1.54, 1.807) is 24.3 Å². The van der Waals surface area contributed by atoms with Crippen LogP contribution < -0.4 is 16.0 Å². The summed E-state index contributed by atoms with van der Waals surface area (Å²) in [6.45, 7) is 0.586. The molecule has 2 aromatic carbocycles. The van der Waals surface area contributed by atoms with Gasteiger partial charge in [0.1, 0.15) is 12.6 Å². The number of amides is 2. The summed E-state index contributed by atoms with van der Waals surface area (Å²) in [6, 6.07) is 17.4. The molecule has 2 rings (SSSR count). The van der Waals surface area contributed by atoms with Crippen LogP contribution in [0.3, 0.4) is 0 Å². The Hall–Kier alpha value is -3.46. The van der Waals surface area contributed by atoms with Crippen LogP contribution in [0.2, 0.25) is 0 Å². The molecule has 0 aliphatic carbocycles. The van der Waals surface area contributed by atoms with Gasteiger partial charge >= 0.3 is 12.1 Å². The largest absolute Gasteiger partial charge is 0.481 e. The molecule has 0 radical (unpaired) electrons. The smallest absolute Gasteiger partial charge is 0.408 e. The van der Waals surface area contributed by atoms with Crippen LogP contribution in [0.15, 0.2) is 60.7 Å². The number of alkyl carbamates (subject to hydrolysis) is 1. The van der Waals surface area contributed by atoms with Crippen molar-refractivity contribution in [2.75, 3.05) is 11.9 Å². The van der Waals surface area contributed by atoms with Gasteiger partial charge in [-0.3, -0.25) is 9.59 Å². The van der Waals surface area contributed by atoms with E-state index in [9.17, 15) is 14.4 Å². The Morgan fingerprint density at radius 1 is 0.969 bits per heavy atom. The standard InChI is InChI=1S/C23H27N3O5S/c27-21(28)15-20(32)24-14-8-7-13-19(22(29)25-18-11-5-2-6-12-18)26-23(30)31-16-17-9-3-1-4-10-17/h1-6,9-12,19H,7-8,13-16H2,(H,24,32)(H,25,29)(H,26,30)(H,27,28)/t19-/m0/s1. The zero-order chi connectivity index (χ0) is 23.2. The van der Waals surface area contributed by atoms with Crippen molar-refractivity contribution in [3.8, 4) is 0 Å². The molecule has 0 spiro atoms. The zero-order valence-electron chi connectivity index (χ0n) is 17.6. The van der Waals surface area contributed by atoms with Gasteiger partial charge in [0, 0.05) is 12.2 Å². The molecule has 2 amide bonds. The van der Waals surface area contributed by atoms with Crippen LogP contribution in [0, 0.1) is 0 Å². The predicted octanol–water partition coefficient (Wildman–Crippen LogP) is 3.48. The molecule has 4 N–H and O–H groups in total. The number of rotatable bonds is 12. The number of hydrogen-bond acceptors (Lipinski definition) is 5. The minimum atomic E-state index is -0.988. The number of benzene rings is 2. The third-order valence-corrected chi connectivity index (χ3v) is 4.70. The number of ether oxygens (including phenoxy) is 1. The normalized spacial score (nSPS) is 11.1. The number of hydrogen-bond donors (Lipinski definition) is 4. The summed E-state index contributed by atoms with van der Waals surface area (Å²) in [7, 11) is 0. The first kappa shape index (κ1) is 24.8. The van der Waals surface area contributed by atoms with Crippen LogP contribution in [-0.2, 0) is 20.9 Å². The number of carbonyl (C=O) groups excluding carboxylic acids is 2. The Balaban J connectivity index is 1.85. The van der Waals surface area contributed by atoms with Crippen molar-refractivity contribution < 1.29 is 24.2 Å². The van der Waals surface area contributed by atoms with Crippen LogP contribution in [-0.4, -0.2) is 40.7 Å². The molecule has 0 aliphatic rings. The molecule has 0 bridgehead atoms. The maximum Gasteiger partial charge on any atom is 0.408 e. The minimum Gasteiger partial charge on any atom is -0.481 e. The lowest BCUT2D eigenvalue weighted by molar-refractivity contribution is -0.135. The lowest BCUT2D eigenvalue weighted by Gasteiger charge is -2.18. The van der Waals surface area contributed by atoms with Gasteiger partial charge in [0.05, 0.1) is 11.4 Å². The highest BCUT2D eigenvalue weighted by atomic mass is 32.1. The van der Waals surface area contributed by atoms with Crippen molar-refractivity contribution >= 4 is 40.9 Å². The quantitative estimate of drug-likeness (QED) is 0.285. The van der Waals surface area contributed by atoms with Crippen molar-refractivity contribution in [1.82, 2.24) is 10.6 Å². The number of carboxylic acids is 1. The van der Waals surface area contributed by atoms with E-state index in [1.165, 1.54) is 0 Å². The van der Waals surface area contributed by atoms with Gasteiger partial charge in [-0.05, 0) is 37.0 Å². The summed E-state index contributed by atoms with van der Waals surface area (Å²) in [6.07, 6.45) is 0.742. The summed E-state index contributed by atoms with van der Waals surface area (Å²) >= 11 is 4.94. The number of carbonyl (C=O) groups is 3. The van der Waals surface area contributed by atoms with Gasteiger partial charge in [-0.15, -0.1) is 0 Å².